The van der Waals surface area contributed by atoms with E-state index in [1.165, 1.54) is 24.8 Å². The number of hydrogen-bond donors (Lipinski definition) is 1. The summed E-state index contributed by atoms with van der Waals surface area (Å²) < 4.78 is 35.2. The minimum absolute atomic E-state index is 0.0273. The molecule has 8 rings (SSSR count). The van der Waals surface area contributed by atoms with Crippen molar-refractivity contribution in [3.63, 3.8) is 0 Å². The van der Waals surface area contributed by atoms with E-state index in [1.807, 2.05) is 13.8 Å². The predicted octanol–water partition coefficient (Wildman–Crippen LogP) is 4.12. The zero-order chi connectivity index (χ0) is 35.6. The Morgan fingerprint density at radius 3 is 2.60 bits per heavy atom. The Hall–Kier alpha value is -4.45. The van der Waals surface area contributed by atoms with Gasteiger partial charge in [-0.15, -0.1) is 11.8 Å². The van der Waals surface area contributed by atoms with Gasteiger partial charge in [-0.25, -0.2) is 9.59 Å². The van der Waals surface area contributed by atoms with E-state index in [0.29, 0.717) is 34.8 Å². The Bertz CT molecular complexity index is 1840. The lowest BCUT2D eigenvalue weighted by molar-refractivity contribution is -0.151. The molecule has 1 amide bonds. The standard InChI is InChI=1S/C36H40N4O9S/c1-8-9-45-36(43)38-21-14-50-34-27-26(33-32(47-15-48-33)18(4)31(27)49-19(5)41)24(13-46-35(21)42)40-23(12-37)22-11-20-10-16(2)30(44-7)17(3)25(20)28(29(34)40)39(22)6/h8,10,21-24,28-29,34H,1,9,11,13-15H2,2-7H3,(H,38,43)/t21-,22?,23-,24-,28+,29+,34+/m0/s1. The van der Waals surface area contributed by atoms with Gasteiger partial charge in [0.1, 0.15) is 36.8 Å². The lowest BCUT2D eigenvalue weighted by Gasteiger charge is -2.62. The van der Waals surface area contributed by atoms with E-state index in [9.17, 15) is 19.6 Å². The van der Waals surface area contributed by atoms with Crippen LogP contribution in [-0.2, 0) is 25.5 Å². The SMILES string of the molecule is C=CCOC(=O)N[C@H]1CS[C@@H]2c3c(OC(C)=O)c(C)c4c(c3[C@H](COC1=O)N1[C@@H]2[C@H]2c3c(cc(C)c(OC)c3C)CC([C@@H]1C#N)N2C)OCO4. The number of nitrogens with zero attached hydrogens (tertiary/aromatic N) is 3. The first-order valence-corrected chi connectivity index (χ1v) is 17.6. The third kappa shape index (κ3) is 5.17. The molecule has 2 fully saturated rings. The van der Waals surface area contributed by atoms with Crippen LogP contribution in [0, 0.1) is 32.1 Å². The van der Waals surface area contributed by atoms with Crippen LogP contribution in [0.15, 0.2) is 18.7 Å². The van der Waals surface area contributed by atoms with E-state index in [-0.39, 0.29) is 37.8 Å². The molecule has 1 unspecified atom stereocenters. The normalized spacial score (nSPS) is 27.9. The molecule has 1 N–H and O–H groups in total. The number of ether oxygens (including phenoxy) is 6. The molecule has 2 aromatic rings. The van der Waals surface area contributed by atoms with Gasteiger partial charge >= 0.3 is 18.0 Å². The number of fused-ring (bicyclic) bond motifs is 10. The smallest absolute Gasteiger partial charge is 0.408 e. The van der Waals surface area contributed by atoms with Crippen molar-refractivity contribution < 1.29 is 42.8 Å². The fourth-order valence-corrected chi connectivity index (χ4v) is 10.2. The average molecular weight is 705 g/mol. The molecule has 2 aromatic carbocycles. The maximum atomic E-state index is 13.6. The van der Waals surface area contributed by atoms with Gasteiger partial charge in [-0.2, -0.15) is 5.26 Å². The first-order chi connectivity index (χ1) is 24.0. The second kappa shape index (κ2) is 13.0. The summed E-state index contributed by atoms with van der Waals surface area (Å²) in [7, 11) is 3.73. The summed E-state index contributed by atoms with van der Waals surface area (Å²) in [6.07, 6.45) is 1.29. The second-order valence-electron chi connectivity index (χ2n) is 13.2. The predicted molar refractivity (Wildman–Crippen MR) is 181 cm³/mol. The summed E-state index contributed by atoms with van der Waals surface area (Å²) in [5, 5.41) is 13.2. The first kappa shape index (κ1) is 34.0. The van der Waals surface area contributed by atoms with E-state index < -0.39 is 47.4 Å². The lowest BCUT2D eigenvalue weighted by atomic mass is 9.70. The number of nitriles is 1. The molecule has 264 valence electrons. The van der Waals surface area contributed by atoms with Gasteiger partial charge in [0.15, 0.2) is 11.5 Å². The summed E-state index contributed by atoms with van der Waals surface area (Å²) >= 11 is 1.42. The van der Waals surface area contributed by atoms with Gasteiger partial charge in [-0.05, 0) is 56.5 Å². The van der Waals surface area contributed by atoms with Crippen LogP contribution in [0.25, 0.3) is 0 Å². The Morgan fingerprint density at radius 2 is 1.90 bits per heavy atom. The third-order valence-corrected chi connectivity index (χ3v) is 12.0. The van der Waals surface area contributed by atoms with Crippen molar-refractivity contribution in [2.24, 2.45) is 0 Å². The van der Waals surface area contributed by atoms with Crippen molar-refractivity contribution in [3.05, 3.63) is 57.7 Å². The number of benzene rings is 2. The van der Waals surface area contributed by atoms with E-state index in [2.05, 4.69) is 47.8 Å². The molecule has 6 heterocycles. The zero-order valence-corrected chi connectivity index (χ0v) is 29.7. The maximum absolute atomic E-state index is 13.6. The fourth-order valence-electron chi connectivity index (χ4n) is 8.72. The van der Waals surface area contributed by atoms with Crippen LogP contribution in [0.4, 0.5) is 4.79 Å². The van der Waals surface area contributed by atoms with Gasteiger partial charge in [0.05, 0.1) is 30.5 Å². The van der Waals surface area contributed by atoms with Crippen LogP contribution in [-0.4, -0.2) is 91.9 Å². The van der Waals surface area contributed by atoms with Crippen molar-refractivity contribution in [3.8, 4) is 29.1 Å². The quantitative estimate of drug-likeness (QED) is 0.271. The molecule has 6 aliphatic rings. The fraction of sp³-hybridized carbons (Fsp3) is 0.500. The number of likely N-dealkylation sites (N-methyl/N-ethyl adjacent to an activating group) is 1. The number of thioether (sulfide) groups is 1. The number of methoxy groups -OCH3 is 1. The molecule has 7 atom stereocenters. The van der Waals surface area contributed by atoms with Crippen LogP contribution in [0.1, 0.15) is 63.2 Å². The Labute approximate surface area is 294 Å². The van der Waals surface area contributed by atoms with Gasteiger partial charge in [0.25, 0.3) is 0 Å². The molecule has 0 aromatic heterocycles. The molecule has 0 aliphatic carbocycles. The molecule has 2 saturated heterocycles. The average Bonchev–Trinajstić information content (AvgIpc) is 3.57. The van der Waals surface area contributed by atoms with E-state index in [0.717, 1.165) is 33.6 Å². The Balaban J connectivity index is 1.49. The topological polar surface area (TPSA) is 149 Å². The third-order valence-electron chi connectivity index (χ3n) is 10.6. The summed E-state index contributed by atoms with van der Waals surface area (Å²) in [6, 6.07) is 1.62. The molecule has 0 spiro atoms. The molecule has 13 nitrogen and oxygen atoms in total. The van der Waals surface area contributed by atoms with Crippen LogP contribution < -0.4 is 24.3 Å². The van der Waals surface area contributed by atoms with Crippen molar-refractivity contribution in [1.82, 2.24) is 15.1 Å². The number of nitrogens with one attached hydrogen (secondary N) is 1. The van der Waals surface area contributed by atoms with E-state index >= 15 is 0 Å². The number of piperazine rings is 1. The van der Waals surface area contributed by atoms with Crippen molar-refractivity contribution >= 4 is 29.8 Å². The van der Waals surface area contributed by atoms with E-state index in [4.69, 9.17) is 28.4 Å². The zero-order valence-electron chi connectivity index (χ0n) is 28.9. The Morgan fingerprint density at radius 1 is 1.14 bits per heavy atom. The van der Waals surface area contributed by atoms with Crippen molar-refractivity contribution in [1.29, 1.82) is 5.26 Å². The highest BCUT2D eigenvalue weighted by molar-refractivity contribution is 7.99. The molecule has 0 saturated carbocycles. The summed E-state index contributed by atoms with van der Waals surface area (Å²) in [5.41, 5.74) is 6.31. The minimum atomic E-state index is -1.05. The molecule has 0 radical (unpaired) electrons. The van der Waals surface area contributed by atoms with Gasteiger partial charge < -0.3 is 33.7 Å². The maximum Gasteiger partial charge on any atom is 0.408 e. The highest BCUT2D eigenvalue weighted by Crippen LogP contribution is 2.63. The highest BCUT2D eigenvalue weighted by atomic mass is 32.2. The summed E-state index contributed by atoms with van der Waals surface area (Å²) in [4.78, 5) is 43.5. The first-order valence-electron chi connectivity index (χ1n) is 16.5. The van der Waals surface area contributed by atoms with Gasteiger partial charge in [-0.3, -0.25) is 14.6 Å². The van der Waals surface area contributed by atoms with Gasteiger partial charge in [0, 0.05) is 41.5 Å². The number of aryl methyl sites for hydroxylation is 1. The highest BCUT2D eigenvalue weighted by Gasteiger charge is 2.60. The Kier molecular flexibility index (Phi) is 8.86. The van der Waals surface area contributed by atoms with E-state index in [1.54, 1.807) is 7.11 Å². The monoisotopic (exact) mass is 704 g/mol. The molecular formula is C36H40N4O9S. The summed E-state index contributed by atoms with van der Waals surface area (Å²) in [6.45, 7) is 10.6. The van der Waals surface area contributed by atoms with Crippen LogP contribution in [0.3, 0.4) is 0 Å². The lowest BCUT2D eigenvalue weighted by Crippen LogP contribution is -2.69. The molecule has 4 bridgehead atoms. The molecule has 50 heavy (non-hydrogen) atoms. The number of carbonyl (C=O) groups excluding carboxylic acids is 3. The number of amides is 1. The van der Waals surface area contributed by atoms with Crippen molar-refractivity contribution in [2.75, 3.05) is 39.9 Å². The van der Waals surface area contributed by atoms with Crippen LogP contribution in [0.5, 0.6) is 23.0 Å². The number of alkyl carbamates (subject to hydrolysis) is 1. The van der Waals surface area contributed by atoms with Gasteiger partial charge in [-0.1, -0.05) is 18.7 Å². The molecule has 14 heteroatoms. The molecule has 6 aliphatic heterocycles. The van der Waals surface area contributed by atoms with Crippen molar-refractivity contribution in [2.45, 2.75) is 75.6 Å². The largest absolute Gasteiger partial charge is 0.496 e. The number of hydrogen-bond acceptors (Lipinski definition) is 13. The second-order valence-corrected chi connectivity index (χ2v) is 14.4. The minimum Gasteiger partial charge on any atom is -0.496 e. The number of rotatable bonds is 5. The summed E-state index contributed by atoms with van der Waals surface area (Å²) in [5.74, 6) is 1.04. The number of carbonyl (C=O) groups is 3. The van der Waals surface area contributed by atoms with Gasteiger partial charge in [0.2, 0.25) is 6.79 Å². The molecular weight excluding hydrogens is 664 g/mol. The number of esters is 2. The van der Waals surface area contributed by atoms with Crippen LogP contribution in [0.2, 0.25) is 0 Å². The van der Waals surface area contributed by atoms with Crippen LogP contribution >= 0.6 is 11.8 Å².